The summed E-state index contributed by atoms with van der Waals surface area (Å²) < 4.78 is 48.1. The molecule has 10 heteroatoms. The highest BCUT2D eigenvalue weighted by Crippen LogP contribution is 2.35. The fraction of sp³-hybridized carbons (Fsp3) is 0.310. The minimum atomic E-state index is -4.57. The maximum Gasteiger partial charge on any atom is 0.416 e. The number of anilines is 1. The molecule has 1 aliphatic rings. The zero-order valence-electron chi connectivity index (χ0n) is 21.8. The zero-order chi connectivity index (χ0) is 27.6. The molecule has 1 aliphatic heterocycles. The molecule has 0 unspecified atom stereocenters. The topological polar surface area (TPSA) is 73.5 Å². The Hall–Kier alpha value is -3.89. The van der Waals surface area contributed by atoms with Crippen LogP contribution in [-0.4, -0.2) is 58.4 Å². The Kier molecular flexibility index (Phi) is 7.58. The zero-order valence-corrected chi connectivity index (χ0v) is 21.8. The number of alkyl halides is 3. The van der Waals surface area contributed by atoms with E-state index in [1.807, 2.05) is 17.9 Å². The van der Waals surface area contributed by atoms with E-state index in [9.17, 15) is 18.0 Å². The van der Waals surface area contributed by atoms with Gasteiger partial charge in [-0.3, -0.25) is 9.69 Å². The third-order valence-corrected chi connectivity index (χ3v) is 7.07. The molecular formula is C29H30F3N5O2. The molecule has 204 valence electrons. The molecule has 7 nitrogen and oxygen atoms in total. The number of rotatable bonds is 7. The van der Waals surface area contributed by atoms with Crippen molar-refractivity contribution in [1.29, 1.82) is 0 Å². The molecule has 1 amide bonds. The van der Waals surface area contributed by atoms with E-state index in [4.69, 9.17) is 4.74 Å². The summed E-state index contributed by atoms with van der Waals surface area (Å²) in [4.78, 5) is 24.6. The normalized spacial score (nSPS) is 15.0. The van der Waals surface area contributed by atoms with Crippen LogP contribution >= 0.6 is 0 Å². The Labute approximate surface area is 224 Å². The van der Waals surface area contributed by atoms with Crippen molar-refractivity contribution >= 4 is 22.6 Å². The Balaban J connectivity index is 1.33. The van der Waals surface area contributed by atoms with Crippen LogP contribution in [0, 0.1) is 6.92 Å². The Bertz CT molecular complexity index is 1480. The van der Waals surface area contributed by atoms with Crippen molar-refractivity contribution in [3.63, 3.8) is 0 Å². The minimum absolute atomic E-state index is 0.0620. The Morgan fingerprint density at radius 1 is 1.03 bits per heavy atom. The third kappa shape index (κ3) is 6.07. The van der Waals surface area contributed by atoms with Gasteiger partial charge in [-0.25, -0.2) is 4.98 Å². The first-order chi connectivity index (χ1) is 18.7. The number of pyridine rings is 1. The lowest BCUT2D eigenvalue weighted by Crippen LogP contribution is -2.45. The van der Waals surface area contributed by atoms with Gasteiger partial charge in [0.1, 0.15) is 17.1 Å². The van der Waals surface area contributed by atoms with Crippen molar-refractivity contribution in [1.82, 2.24) is 19.8 Å². The van der Waals surface area contributed by atoms with Gasteiger partial charge >= 0.3 is 6.18 Å². The summed E-state index contributed by atoms with van der Waals surface area (Å²) in [7, 11) is 0. The molecular weight excluding hydrogens is 507 g/mol. The highest BCUT2D eigenvalue weighted by Gasteiger charge is 2.34. The van der Waals surface area contributed by atoms with Gasteiger partial charge in [-0.15, -0.1) is 0 Å². The third-order valence-electron chi connectivity index (χ3n) is 7.07. The SMILES string of the molecule is CCN1CCN(Cc2ccc(C(=O)Nc3ccc(C)c(Oc4ccnc5[nH]ccc45)c3)cc2C(F)(F)F)CC1. The van der Waals surface area contributed by atoms with Crippen molar-refractivity contribution in [2.45, 2.75) is 26.6 Å². The number of likely N-dealkylation sites (N-methyl/N-ethyl adjacent to an activating group) is 1. The number of ether oxygens (including phenoxy) is 1. The summed E-state index contributed by atoms with van der Waals surface area (Å²) in [6, 6.07) is 12.5. The number of piperazine rings is 1. The fourth-order valence-electron chi connectivity index (χ4n) is 4.76. The maximum absolute atomic E-state index is 14.0. The van der Waals surface area contributed by atoms with Crippen LogP contribution in [0.5, 0.6) is 11.5 Å². The molecule has 1 saturated heterocycles. The summed E-state index contributed by atoms with van der Waals surface area (Å²) in [5.41, 5.74) is 1.25. The number of halogens is 3. The Morgan fingerprint density at radius 2 is 1.79 bits per heavy atom. The second-order valence-electron chi connectivity index (χ2n) is 9.67. The first-order valence-corrected chi connectivity index (χ1v) is 12.9. The highest BCUT2D eigenvalue weighted by molar-refractivity contribution is 6.04. The highest BCUT2D eigenvalue weighted by atomic mass is 19.4. The van der Waals surface area contributed by atoms with Crippen molar-refractivity contribution in [3.8, 4) is 11.5 Å². The van der Waals surface area contributed by atoms with E-state index in [0.717, 1.165) is 36.7 Å². The Morgan fingerprint density at radius 3 is 2.54 bits per heavy atom. The second-order valence-corrected chi connectivity index (χ2v) is 9.67. The molecule has 2 aromatic heterocycles. The van der Waals surface area contributed by atoms with E-state index < -0.39 is 17.6 Å². The molecule has 2 N–H and O–H groups in total. The summed E-state index contributed by atoms with van der Waals surface area (Å²) in [6.07, 6.45) is -1.18. The summed E-state index contributed by atoms with van der Waals surface area (Å²) >= 11 is 0. The van der Waals surface area contributed by atoms with Crippen LogP contribution in [0.2, 0.25) is 0 Å². The number of carbonyl (C=O) groups is 1. The number of hydrogen-bond acceptors (Lipinski definition) is 5. The summed E-state index contributed by atoms with van der Waals surface area (Å²) in [6.45, 7) is 8.15. The molecule has 0 atom stereocenters. The molecule has 5 rings (SSSR count). The number of H-pyrrole nitrogens is 1. The van der Waals surface area contributed by atoms with Gasteiger partial charge in [-0.05, 0) is 54.9 Å². The van der Waals surface area contributed by atoms with Crippen LogP contribution in [0.3, 0.4) is 0 Å². The van der Waals surface area contributed by atoms with Crippen molar-refractivity contribution in [2.24, 2.45) is 0 Å². The maximum atomic E-state index is 14.0. The number of aryl methyl sites for hydroxylation is 1. The van der Waals surface area contributed by atoms with E-state index >= 15 is 0 Å². The van der Waals surface area contributed by atoms with E-state index in [1.54, 1.807) is 36.7 Å². The van der Waals surface area contributed by atoms with Gasteiger partial charge in [0.15, 0.2) is 0 Å². The number of nitrogens with one attached hydrogen (secondary N) is 2. The van der Waals surface area contributed by atoms with Gasteiger partial charge in [0, 0.05) is 62.4 Å². The lowest BCUT2D eigenvalue weighted by atomic mass is 10.0. The number of aromatic amines is 1. The minimum Gasteiger partial charge on any atom is -0.456 e. The van der Waals surface area contributed by atoms with Gasteiger partial charge in [0.05, 0.1) is 10.9 Å². The van der Waals surface area contributed by atoms with Crippen LogP contribution in [0.15, 0.2) is 60.9 Å². The number of hydrogen-bond donors (Lipinski definition) is 2. The smallest absolute Gasteiger partial charge is 0.416 e. The number of benzene rings is 2. The molecule has 3 heterocycles. The first kappa shape index (κ1) is 26.7. The molecule has 4 aromatic rings. The molecule has 0 radical (unpaired) electrons. The summed E-state index contributed by atoms with van der Waals surface area (Å²) in [5.74, 6) is 0.473. The van der Waals surface area contributed by atoms with E-state index in [-0.39, 0.29) is 17.7 Å². The molecule has 0 aliphatic carbocycles. The number of carbonyl (C=O) groups excluding carboxylic acids is 1. The van der Waals surface area contributed by atoms with E-state index in [1.165, 1.54) is 12.1 Å². The van der Waals surface area contributed by atoms with E-state index in [0.29, 0.717) is 35.9 Å². The van der Waals surface area contributed by atoms with Gasteiger partial charge in [0.25, 0.3) is 5.91 Å². The quantitative estimate of drug-likeness (QED) is 0.299. The number of fused-ring (bicyclic) bond motifs is 1. The molecule has 0 spiro atoms. The van der Waals surface area contributed by atoms with Crippen molar-refractivity contribution in [3.05, 3.63) is 83.2 Å². The standard InChI is InChI=1S/C29H30F3N5O2/c1-3-36-12-14-37(15-13-36)18-21-6-5-20(16-24(21)29(30,31)32)28(38)35-22-7-4-19(2)26(17-22)39-25-9-11-34-27-23(25)8-10-33-27/h4-11,16-17H,3,12-15,18H2,1-2H3,(H,33,34)(H,35,38). The monoisotopic (exact) mass is 537 g/mol. The number of amides is 1. The van der Waals surface area contributed by atoms with Crippen LogP contribution in [-0.2, 0) is 12.7 Å². The predicted molar refractivity (Wildman–Crippen MR) is 144 cm³/mol. The molecule has 0 saturated carbocycles. The van der Waals surface area contributed by atoms with E-state index in [2.05, 4.69) is 27.1 Å². The van der Waals surface area contributed by atoms with Crippen LogP contribution in [0.1, 0.15) is 34.0 Å². The number of aromatic nitrogens is 2. The fourth-order valence-corrected chi connectivity index (χ4v) is 4.76. The van der Waals surface area contributed by atoms with Crippen LogP contribution in [0.4, 0.5) is 18.9 Å². The van der Waals surface area contributed by atoms with Gasteiger partial charge < -0.3 is 19.9 Å². The predicted octanol–water partition coefficient (Wildman–Crippen LogP) is 6.07. The average molecular weight is 538 g/mol. The van der Waals surface area contributed by atoms with Gasteiger partial charge in [-0.2, -0.15) is 13.2 Å². The molecule has 39 heavy (non-hydrogen) atoms. The number of nitrogens with zero attached hydrogens (tertiary/aromatic N) is 3. The second kappa shape index (κ2) is 11.1. The molecule has 2 aromatic carbocycles. The van der Waals surface area contributed by atoms with Crippen LogP contribution in [0.25, 0.3) is 11.0 Å². The summed E-state index contributed by atoms with van der Waals surface area (Å²) in [5, 5.41) is 3.52. The molecule has 0 bridgehead atoms. The first-order valence-electron chi connectivity index (χ1n) is 12.9. The van der Waals surface area contributed by atoms with Crippen LogP contribution < -0.4 is 10.1 Å². The van der Waals surface area contributed by atoms with Gasteiger partial charge in [0.2, 0.25) is 0 Å². The molecule has 1 fully saturated rings. The van der Waals surface area contributed by atoms with Gasteiger partial charge in [-0.1, -0.05) is 19.1 Å². The lowest BCUT2D eigenvalue weighted by Gasteiger charge is -2.34. The van der Waals surface area contributed by atoms with Crippen molar-refractivity contribution in [2.75, 3.05) is 38.0 Å². The lowest BCUT2D eigenvalue weighted by molar-refractivity contribution is -0.138. The van der Waals surface area contributed by atoms with Crippen molar-refractivity contribution < 1.29 is 22.7 Å². The largest absolute Gasteiger partial charge is 0.456 e. The average Bonchev–Trinajstić information content (AvgIpc) is 3.41.